The Kier molecular flexibility index (Phi) is 5.53. The Bertz CT molecular complexity index is 130. The predicted molar refractivity (Wildman–Crippen MR) is 47.4 cm³/mol. The van der Waals surface area contributed by atoms with Crippen LogP contribution in [0.4, 0.5) is 0 Å². The number of carbonyl (C=O) groups excluding carboxylic acids is 1. The molecule has 0 aromatic rings. The molecule has 0 fully saturated rings. The van der Waals surface area contributed by atoms with E-state index in [1.807, 2.05) is 6.08 Å². The third-order valence-electron chi connectivity index (χ3n) is 1.55. The van der Waals surface area contributed by atoms with E-state index in [0.29, 0.717) is 6.42 Å². The summed E-state index contributed by atoms with van der Waals surface area (Å²) in [7, 11) is 3.58. The van der Waals surface area contributed by atoms with Crippen molar-refractivity contribution in [1.82, 2.24) is 4.90 Å². The summed E-state index contributed by atoms with van der Waals surface area (Å²) >= 11 is 0. The van der Waals surface area contributed by atoms with Crippen molar-refractivity contribution >= 4 is 5.91 Å². The molecule has 64 valence electrons. The van der Waals surface area contributed by atoms with Gasteiger partial charge in [0.25, 0.3) is 0 Å². The maximum absolute atomic E-state index is 11.0. The Morgan fingerprint density at radius 1 is 1.45 bits per heavy atom. The van der Waals surface area contributed by atoms with Crippen LogP contribution in [0.2, 0.25) is 0 Å². The van der Waals surface area contributed by atoms with Gasteiger partial charge in [-0.15, -0.1) is 6.58 Å². The van der Waals surface area contributed by atoms with Crippen molar-refractivity contribution in [3.05, 3.63) is 12.7 Å². The highest BCUT2D eigenvalue weighted by molar-refractivity contribution is 5.75. The number of rotatable bonds is 5. The highest BCUT2D eigenvalue weighted by Gasteiger charge is 2.01. The molecule has 0 radical (unpaired) electrons. The van der Waals surface area contributed by atoms with Crippen molar-refractivity contribution in [1.29, 1.82) is 0 Å². The Balaban J connectivity index is 3.24. The van der Waals surface area contributed by atoms with E-state index in [1.54, 1.807) is 19.0 Å². The van der Waals surface area contributed by atoms with Gasteiger partial charge < -0.3 is 4.90 Å². The van der Waals surface area contributed by atoms with Crippen molar-refractivity contribution in [3.63, 3.8) is 0 Å². The van der Waals surface area contributed by atoms with Gasteiger partial charge in [0.2, 0.25) is 5.91 Å². The Morgan fingerprint density at radius 2 is 2.09 bits per heavy atom. The zero-order valence-corrected chi connectivity index (χ0v) is 7.47. The van der Waals surface area contributed by atoms with Crippen molar-refractivity contribution < 1.29 is 4.79 Å². The Morgan fingerprint density at radius 3 is 2.55 bits per heavy atom. The first-order valence-corrected chi connectivity index (χ1v) is 3.99. The lowest BCUT2D eigenvalue weighted by molar-refractivity contribution is -0.128. The molecule has 0 atom stereocenters. The van der Waals surface area contributed by atoms with Crippen molar-refractivity contribution in [2.45, 2.75) is 25.7 Å². The predicted octanol–water partition coefficient (Wildman–Crippen LogP) is 1.82. The molecule has 0 N–H and O–H groups in total. The second kappa shape index (κ2) is 5.96. The van der Waals surface area contributed by atoms with E-state index in [0.717, 1.165) is 19.3 Å². The van der Waals surface area contributed by atoms with Crippen molar-refractivity contribution in [2.75, 3.05) is 14.1 Å². The minimum atomic E-state index is 0.217. The van der Waals surface area contributed by atoms with Gasteiger partial charge >= 0.3 is 0 Å². The summed E-state index contributed by atoms with van der Waals surface area (Å²) in [5, 5.41) is 0. The van der Waals surface area contributed by atoms with Crippen LogP contribution in [-0.4, -0.2) is 24.9 Å². The summed E-state index contributed by atoms with van der Waals surface area (Å²) in [6, 6.07) is 0. The third-order valence-corrected chi connectivity index (χ3v) is 1.55. The molecule has 0 aromatic carbocycles. The van der Waals surface area contributed by atoms with E-state index in [2.05, 4.69) is 6.58 Å². The van der Waals surface area contributed by atoms with Crippen LogP contribution in [0.5, 0.6) is 0 Å². The number of allylic oxidation sites excluding steroid dienone is 1. The fraction of sp³-hybridized carbons (Fsp3) is 0.667. The summed E-state index contributed by atoms with van der Waals surface area (Å²) < 4.78 is 0. The molecule has 2 nitrogen and oxygen atoms in total. The first-order chi connectivity index (χ1) is 5.18. The van der Waals surface area contributed by atoms with Crippen molar-refractivity contribution in [2.24, 2.45) is 0 Å². The fourth-order valence-electron chi connectivity index (χ4n) is 0.789. The highest BCUT2D eigenvalue weighted by Crippen LogP contribution is 2.01. The summed E-state index contributed by atoms with van der Waals surface area (Å²) in [5.41, 5.74) is 0. The van der Waals surface area contributed by atoms with Gasteiger partial charge in [0.1, 0.15) is 0 Å². The summed E-state index contributed by atoms with van der Waals surface area (Å²) in [6.07, 6.45) is 5.62. The van der Waals surface area contributed by atoms with E-state index in [4.69, 9.17) is 0 Å². The molecule has 0 aliphatic carbocycles. The highest BCUT2D eigenvalue weighted by atomic mass is 16.2. The number of hydrogen-bond acceptors (Lipinski definition) is 1. The molecule has 0 unspecified atom stereocenters. The lowest BCUT2D eigenvalue weighted by Crippen LogP contribution is -2.20. The zero-order valence-electron chi connectivity index (χ0n) is 7.47. The zero-order chi connectivity index (χ0) is 8.69. The average molecular weight is 155 g/mol. The standard InChI is InChI=1S/C9H17NO/c1-4-5-6-7-8-9(11)10(2)3/h4H,1,5-8H2,2-3H3. The molecule has 0 aliphatic rings. The second-order valence-electron chi connectivity index (χ2n) is 2.82. The summed E-state index contributed by atoms with van der Waals surface area (Å²) in [4.78, 5) is 12.6. The summed E-state index contributed by atoms with van der Waals surface area (Å²) in [5.74, 6) is 0.217. The molecule has 0 rings (SSSR count). The van der Waals surface area contributed by atoms with Crippen LogP contribution in [0.1, 0.15) is 25.7 Å². The number of hydrogen-bond donors (Lipinski definition) is 0. The largest absolute Gasteiger partial charge is 0.349 e. The molecular weight excluding hydrogens is 138 g/mol. The number of carbonyl (C=O) groups is 1. The molecule has 2 heteroatoms. The van der Waals surface area contributed by atoms with Crippen LogP contribution in [0.3, 0.4) is 0 Å². The smallest absolute Gasteiger partial charge is 0.222 e. The molecule has 0 bridgehead atoms. The van der Waals surface area contributed by atoms with Crippen molar-refractivity contribution in [3.8, 4) is 0 Å². The molecule has 0 aromatic heterocycles. The van der Waals surface area contributed by atoms with Crippen LogP contribution < -0.4 is 0 Å². The van der Waals surface area contributed by atoms with E-state index < -0.39 is 0 Å². The van der Waals surface area contributed by atoms with Gasteiger partial charge in [0, 0.05) is 20.5 Å². The number of unbranched alkanes of at least 4 members (excludes halogenated alkanes) is 2. The van der Waals surface area contributed by atoms with Gasteiger partial charge in [-0.05, 0) is 19.3 Å². The van der Waals surface area contributed by atoms with E-state index in [-0.39, 0.29) is 5.91 Å². The van der Waals surface area contributed by atoms with Crippen LogP contribution in [0.15, 0.2) is 12.7 Å². The van der Waals surface area contributed by atoms with E-state index in [9.17, 15) is 4.79 Å². The minimum Gasteiger partial charge on any atom is -0.349 e. The topological polar surface area (TPSA) is 20.3 Å². The Labute approximate surface area is 68.9 Å². The van der Waals surface area contributed by atoms with E-state index in [1.165, 1.54) is 0 Å². The SMILES string of the molecule is C=CCCCCC(=O)N(C)C. The fourth-order valence-corrected chi connectivity index (χ4v) is 0.789. The molecule has 11 heavy (non-hydrogen) atoms. The third kappa shape index (κ3) is 5.64. The molecule has 0 heterocycles. The van der Waals surface area contributed by atoms with Crippen LogP contribution >= 0.6 is 0 Å². The molecule has 0 spiro atoms. The molecule has 0 saturated heterocycles. The molecule has 1 amide bonds. The molecule has 0 saturated carbocycles. The summed E-state index contributed by atoms with van der Waals surface area (Å²) in [6.45, 7) is 3.62. The molecular formula is C9H17NO. The first-order valence-electron chi connectivity index (χ1n) is 3.99. The number of amides is 1. The maximum atomic E-state index is 11.0. The van der Waals surface area contributed by atoms with Gasteiger partial charge in [0.15, 0.2) is 0 Å². The monoisotopic (exact) mass is 155 g/mol. The Hall–Kier alpha value is -0.790. The maximum Gasteiger partial charge on any atom is 0.222 e. The van der Waals surface area contributed by atoms with Gasteiger partial charge in [0.05, 0.1) is 0 Å². The lowest BCUT2D eigenvalue weighted by atomic mass is 10.2. The van der Waals surface area contributed by atoms with Crippen LogP contribution in [0, 0.1) is 0 Å². The van der Waals surface area contributed by atoms with Crippen LogP contribution in [0.25, 0.3) is 0 Å². The second-order valence-corrected chi connectivity index (χ2v) is 2.82. The van der Waals surface area contributed by atoms with Gasteiger partial charge in [-0.25, -0.2) is 0 Å². The quantitative estimate of drug-likeness (QED) is 0.438. The van der Waals surface area contributed by atoms with Gasteiger partial charge in [-0.2, -0.15) is 0 Å². The first kappa shape index (κ1) is 10.2. The molecule has 0 aliphatic heterocycles. The van der Waals surface area contributed by atoms with Crippen LogP contribution in [-0.2, 0) is 4.79 Å². The van der Waals surface area contributed by atoms with E-state index >= 15 is 0 Å². The normalized spacial score (nSPS) is 9.27. The minimum absolute atomic E-state index is 0.217. The van der Waals surface area contributed by atoms with Gasteiger partial charge in [-0.1, -0.05) is 6.08 Å². The lowest BCUT2D eigenvalue weighted by Gasteiger charge is -2.08. The van der Waals surface area contributed by atoms with Gasteiger partial charge in [-0.3, -0.25) is 4.79 Å². The number of nitrogens with zero attached hydrogens (tertiary/aromatic N) is 1. The average Bonchev–Trinajstić information content (AvgIpc) is 1.97.